The van der Waals surface area contributed by atoms with Crippen LogP contribution in [0, 0.1) is 5.82 Å². The molecule has 1 rings (SSSR count). The van der Waals surface area contributed by atoms with Crippen LogP contribution in [0.3, 0.4) is 0 Å². The summed E-state index contributed by atoms with van der Waals surface area (Å²) in [7, 11) is 0. The Hall–Kier alpha value is -1.84. The highest BCUT2D eigenvalue weighted by Crippen LogP contribution is 2.21. The third kappa shape index (κ3) is 2.80. The van der Waals surface area contributed by atoms with Crippen molar-refractivity contribution in [2.75, 3.05) is 6.61 Å². The molecule has 0 aliphatic rings. The molecule has 15 heavy (non-hydrogen) atoms. The zero-order valence-electron chi connectivity index (χ0n) is 8.29. The van der Waals surface area contributed by atoms with Gasteiger partial charge < -0.3 is 9.84 Å². The van der Waals surface area contributed by atoms with E-state index in [9.17, 15) is 9.18 Å². The van der Waals surface area contributed by atoms with E-state index in [4.69, 9.17) is 9.84 Å². The smallest absolute Gasteiger partial charge is 0.342 e. The lowest BCUT2D eigenvalue weighted by molar-refractivity contribution is 0.0687. The topological polar surface area (TPSA) is 46.5 Å². The van der Waals surface area contributed by atoms with Gasteiger partial charge in [0.1, 0.15) is 23.7 Å². The molecule has 0 heterocycles. The first-order valence-electron chi connectivity index (χ1n) is 4.31. The summed E-state index contributed by atoms with van der Waals surface area (Å²) in [6.45, 7) is 5.51. The average molecular weight is 210 g/mol. The molecule has 1 aromatic carbocycles. The number of carbonyl (C=O) groups is 1. The van der Waals surface area contributed by atoms with Gasteiger partial charge in [-0.15, -0.1) is 0 Å². The second kappa shape index (κ2) is 4.59. The number of rotatable bonds is 4. The lowest BCUT2D eigenvalue weighted by Gasteiger charge is -2.08. The van der Waals surface area contributed by atoms with Gasteiger partial charge in [-0.25, -0.2) is 9.18 Å². The van der Waals surface area contributed by atoms with Crippen LogP contribution in [0.15, 0.2) is 30.4 Å². The average Bonchev–Trinajstić information content (AvgIpc) is 2.13. The zero-order chi connectivity index (χ0) is 11.4. The van der Waals surface area contributed by atoms with Gasteiger partial charge in [-0.3, -0.25) is 0 Å². The molecule has 0 fully saturated rings. The van der Waals surface area contributed by atoms with E-state index in [0.717, 1.165) is 11.6 Å². The normalized spacial score (nSPS) is 9.73. The second-order valence-corrected chi connectivity index (χ2v) is 3.16. The minimum Gasteiger partial charge on any atom is -0.488 e. The van der Waals surface area contributed by atoms with E-state index in [1.165, 1.54) is 12.1 Å². The molecule has 0 spiro atoms. The maximum Gasteiger partial charge on any atom is 0.342 e. The molecule has 0 saturated heterocycles. The van der Waals surface area contributed by atoms with E-state index in [-0.39, 0.29) is 12.4 Å². The SMILES string of the molecule is C=C(C)COc1cccc(F)c1C(=O)O. The largest absolute Gasteiger partial charge is 0.488 e. The van der Waals surface area contributed by atoms with Crippen LogP contribution >= 0.6 is 0 Å². The van der Waals surface area contributed by atoms with Crippen molar-refractivity contribution in [1.82, 2.24) is 0 Å². The van der Waals surface area contributed by atoms with Crippen molar-refractivity contribution in [3.63, 3.8) is 0 Å². The van der Waals surface area contributed by atoms with Crippen molar-refractivity contribution in [2.24, 2.45) is 0 Å². The van der Waals surface area contributed by atoms with Crippen LogP contribution in [0.4, 0.5) is 4.39 Å². The van der Waals surface area contributed by atoms with Crippen LogP contribution in [0.25, 0.3) is 0 Å². The van der Waals surface area contributed by atoms with E-state index < -0.39 is 17.3 Å². The minimum atomic E-state index is -1.34. The Balaban J connectivity index is 3.01. The summed E-state index contributed by atoms with van der Waals surface area (Å²) in [5, 5.41) is 8.77. The Bertz CT molecular complexity index is 399. The molecule has 1 aromatic rings. The molecular weight excluding hydrogens is 199 g/mol. The number of hydrogen-bond acceptors (Lipinski definition) is 2. The number of hydrogen-bond donors (Lipinski definition) is 1. The molecule has 0 unspecified atom stereocenters. The first-order chi connectivity index (χ1) is 7.02. The van der Waals surface area contributed by atoms with Gasteiger partial charge in [0.15, 0.2) is 0 Å². The van der Waals surface area contributed by atoms with Gasteiger partial charge in [0.2, 0.25) is 0 Å². The second-order valence-electron chi connectivity index (χ2n) is 3.16. The minimum absolute atomic E-state index is 0.0190. The highest BCUT2D eigenvalue weighted by atomic mass is 19.1. The third-order valence-corrected chi connectivity index (χ3v) is 1.66. The van der Waals surface area contributed by atoms with Crippen molar-refractivity contribution in [1.29, 1.82) is 0 Å². The fourth-order valence-electron chi connectivity index (χ4n) is 1.03. The molecule has 0 saturated carbocycles. The summed E-state index contributed by atoms with van der Waals surface area (Å²) < 4.78 is 18.3. The number of ether oxygens (including phenoxy) is 1. The molecular formula is C11H11FO3. The van der Waals surface area contributed by atoms with Gasteiger partial charge in [0, 0.05) is 0 Å². The van der Waals surface area contributed by atoms with Crippen LogP contribution in [-0.4, -0.2) is 17.7 Å². The molecule has 0 aliphatic carbocycles. The number of carboxylic acids is 1. The van der Waals surface area contributed by atoms with E-state index in [1.807, 2.05) is 0 Å². The van der Waals surface area contributed by atoms with E-state index in [1.54, 1.807) is 6.92 Å². The maximum absolute atomic E-state index is 13.1. The van der Waals surface area contributed by atoms with Gasteiger partial charge >= 0.3 is 5.97 Å². The van der Waals surface area contributed by atoms with Crippen molar-refractivity contribution < 1.29 is 19.0 Å². The van der Waals surface area contributed by atoms with Crippen LogP contribution < -0.4 is 4.74 Å². The summed E-state index contributed by atoms with van der Waals surface area (Å²) in [5.41, 5.74) is 0.286. The summed E-state index contributed by atoms with van der Waals surface area (Å²) >= 11 is 0. The Morgan fingerprint density at radius 3 is 2.80 bits per heavy atom. The van der Waals surface area contributed by atoms with Crippen LogP contribution in [-0.2, 0) is 0 Å². The number of halogens is 1. The lowest BCUT2D eigenvalue weighted by Crippen LogP contribution is -2.07. The Kier molecular flexibility index (Phi) is 3.44. The fraction of sp³-hybridized carbons (Fsp3) is 0.182. The maximum atomic E-state index is 13.1. The first kappa shape index (κ1) is 11.2. The van der Waals surface area contributed by atoms with Gasteiger partial charge in [-0.05, 0) is 24.6 Å². The predicted molar refractivity (Wildman–Crippen MR) is 53.7 cm³/mol. The third-order valence-electron chi connectivity index (χ3n) is 1.66. The van der Waals surface area contributed by atoms with E-state index >= 15 is 0 Å². The molecule has 80 valence electrons. The lowest BCUT2D eigenvalue weighted by atomic mass is 10.2. The quantitative estimate of drug-likeness (QED) is 0.776. The Labute approximate surface area is 86.8 Å². The Morgan fingerprint density at radius 1 is 1.60 bits per heavy atom. The molecule has 3 nitrogen and oxygen atoms in total. The molecule has 0 bridgehead atoms. The van der Waals surface area contributed by atoms with Gasteiger partial charge in [0.05, 0.1) is 0 Å². The highest BCUT2D eigenvalue weighted by molar-refractivity contribution is 5.91. The molecule has 0 radical (unpaired) electrons. The fourth-order valence-corrected chi connectivity index (χ4v) is 1.03. The van der Waals surface area contributed by atoms with Gasteiger partial charge in [-0.1, -0.05) is 12.6 Å². The van der Waals surface area contributed by atoms with Crippen molar-refractivity contribution >= 4 is 5.97 Å². The number of aromatic carboxylic acids is 1. The van der Waals surface area contributed by atoms with Crippen molar-refractivity contribution in [3.8, 4) is 5.75 Å². The van der Waals surface area contributed by atoms with Crippen LogP contribution in [0.2, 0.25) is 0 Å². The van der Waals surface area contributed by atoms with E-state index in [0.29, 0.717) is 0 Å². The molecule has 0 aliphatic heterocycles. The standard InChI is InChI=1S/C11H11FO3/c1-7(2)6-15-9-5-3-4-8(12)10(9)11(13)14/h3-5H,1,6H2,2H3,(H,13,14). The highest BCUT2D eigenvalue weighted by Gasteiger charge is 2.16. The van der Waals surface area contributed by atoms with Crippen molar-refractivity contribution in [2.45, 2.75) is 6.92 Å². The summed E-state index contributed by atoms with van der Waals surface area (Å²) in [6.07, 6.45) is 0. The summed E-state index contributed by atoms with van der Waals surface area (Å²) in [6, 6.07) is 3.89. The van der Waals surface area contributed by atoms with Crippen LogP contribution in [0.5, 0.6) is 5.75 Å². The summed E-state index contributed by atoms with van der Waals surface area (Å²) in [4.78, 5) is 10.7. The molecule has 0 aromatic heterocycles. The van der Waals surface area contributed by atoms with Crippen LogP contribution in [0.1, 0.15) is 17.3 Å². The Morgan fingerprint density at radius 2 is 2.27 bits per heavy atom. The van der Waals surface area contributed by atoms with E-state index in [2.05, 4.69) is 6.58 Å². The number of benzene rings is 1. The molecule has 0 amide bonds. The van der Waals surface area contributed by atoms with Gasteiger partial charge in [-0.2, -0.15) is 0 Å². The van der Waals surface area contributed by atoms with Crippen molar-refractivity contribution in [3.05, 3.63) is 41.7 Å². The monoisotopic (exact) mass is 210 g/mol. The zero-order valence-corrected chi connectivity index (χ0v) is 8.29. The molecule has 1 N–H and O–H groups in total. The van der Waals surface area contributed by atoms with Gasteiger partial charge in [0.25, 0.3) is 0 Å². The molecule has 4 heteroatoms. The number of carboxylic acid groups (broad SMARTS) is 1. The predicted octanol–water partition coefficient (Wildman–Crippen LogP) is 2.48. The molecule has 0 atom stereocenters. The summed E-state index contributed by atoms with van der Waals surface area (Å²) in [5.74, 6) is -2.13. The first-order valence-corrected chi connectivity index (χ1v) is 4.31.